The van der Waals surface area contributed by atoms with E-state index in [4.69, 9.17) is 4.42 Å². The van der Waals surface area contributed by atoms with Crippen LogP contribution < -0.4 is 0 Å². The van der Waals surface area contributed by atoms with Gasteiger partial charge in [0.15, 0.2) is 12.0 Å². The van der Waals surface area contributed by atoms with Crippen LogP contribution in [-0.2, 0) is 4.79 Å². The lowest BCUT2D eigenvalue weighted by Gasteiger charge is -2.36. The Morgan fingerprint density at radius 1 is 1.47 bits per heavy atom. The third kappa shape index (κ3) is 1.70. The molecule has 17 heavy (non-hydrogen) atoms. The smallest absolute Gasteiger partial charge is 0.320 e. The molecule has 1 aromatic carbocycles. The molecule has 88 valence electrons. The van der Waals surface area contributed by atoms with E-state index in [0.29, 0.717) is 5.58 Å². The first kappa shape index (κ1) is 10.7. The fraction of sp³-hybridized carbons (Fsp3) is 0.333. The molecular weight excluding hydrogens is 238 g/mol. The zero-order valence-corrected chi connectivity index (χ0v) is 9.87. The van der Waals surface area contributed by atoms with Crippen LogP contribution in [0.25, 0.3) is 11.1 Å². The first-order valence-corrected chi connectivity index (χ1v) is 6.27. The molecule has 1 N–H and O–H groups in total. The number of rotatable bonds is 3. The van der Waals surface area contributed by atoms with Gasteiger partial charge < -0.3 is 9.52 Å². The lowest BCUT2D eigenvalue weighted by Crippen LogP contribution is -2.41. The van der Waals surface area contributed by atoms with Gasteiger partial charge in [-0.1, -0.05) is 0 Å². The summed E-state index contributed by atoms with van der Waals surface area (Å²) in [5, 5.41) is 9.26. The molecular formula is C12H11NO3S. The average molecular weight is 249 g/mol. The zero-order valence-electron chi connectivity index (χ0n) is 9.05. The molecule has 1 saturated carbocycles. The van der Waals surface area contributed by atoms with Crippen LogP contribution in [0.2, 0.25) is 0 Å². The molecule has 0 spiro atoms. The number of carboxylic acids is 1. The van der Waals surface area contributed by atoms with Crippen LogP contribution in [0.15, 0.2) is 33.9 Å². The second-order valence-corrected chi connectivity index (χ2v) is 5.69. The Labute approximate surface area is 102 Å². The number of hydrogen-bond donors (Lipinski definition) is 1. The number of oxazole rings is 1. The largest absolute Gasteiger partial charge is 0.480 e. The van der Waals surface area contributed by atoms with Gasteiger partial charge in [-0.3, -0.25) is 4.79 Å². The van der Waals surface area contributed by atoms with Crippen molar-refractivity contribution in [1.82, 2.24) is 4.98 Å². The molecule has 1 fully saturated rings. The number of nitrogens with zero attached hydrogens (tertiary/aromatic N) is 1. The van der Waals surface area contributed by atoms with Gasteiger partial charge in [0.1, 0.15) is 10.3 Å². The number of fused-ring (bicyclic) bond motifs is 1. The van der Waals surface area contributed by atoms with E-state index in [1.807, 2.05) is 18.2 Å². The number of aliphatic carboxylic acids is 1. The number of carboxylic acid groups (broad SMARTS) is 1. The highest BCUT2D eigenvalue weighted by Gasteiger charge is 2.45. The second kappa shape index (κ2) is 3.77. The molecule has 0 bridgehead atoms. The fourth-order valence-electron chi connectivity index (χ4n) is 1.98. The number of benzene rings is 1. The molecule has 3 rings (SSSR count). The van der Waals surface area contributed by atoms with Crippen molar-refractivity contribution in [3.8, 4) is 0 Å². The van der Waals surface area contributed by atoms with Crippen LogP contribution in [0, 0.1) is 0 Å². The van der Waals surface area contributed by atoms with Crippen molar-refractivity contribution in [3.05, 3.63) is 24.6 Å². The van der Waals surface area contributed by atoms with Crippen molar-refractivity contribution >= 4 is 28.8 Å². The van der Waals surface area contributed by atoms with Gasteiger partial charge in [-0.25, -0.2) is 4.98 Å². The van der Waals surface area contributed by atoms with E-state index in [1.165, 1.54) is 18.2 Å². The van der Waals surface area contributed by atoms with Crippen LogP contribution in [0.3, 0.4) is 0 Å². The molecule has 0 saturated heterocycles. The molecule has 0 aliphatic heterocycles. The molecule has 0 amide bonds. The Hall–Kier alpha value is -1.49. The summed E-state index contributed by atoms with van der Waals surface area (Å²) < 4.78 is 4.58. The summed E-state index contributed by atoms with van der Waals surface area (Å²) in [5.74, 6) is -0.716. The Balaban J connectivity index is 1.91. The summed E-state index contributed by atoms with van der Waals surface area (Å²) >= 11 is 1.42. The monoisotopic (exact) mass is 249 g/mol. The summed E-state index contributed by atoms with van der Waals surface area (Å²) in [7, 11) is 0. The van der Waals surface area contributed by atoms with Crippen LogP contribution in [-0.4, -0.2) is 20.8 Å². The SMILES string of the molecule is O=C(O)C1(Sc2ccc3ncoc3c2)CCC1. The molecule has 5 heteroatoms. The van der Waals surface area contributed by atoms with Gasteiger partial charge in [-0.15, -0.1) is 11.8 Å². The maximum atomic E-state index is 11.3. The van der Waals surface area contributed by atoms with Crippen molar-refractivity contribution < 1.29 is 14.3 Å². The highest BCUT2D eigenvalue weighted by Crippen LogP contribution is 2.48. The number of carbonyl (C=O) groups is 1. The van der Waals surface area contributed by atoms with Crippen molar-refractivity contribution in [2.45, 2.75) is 28.9 Å². The highest BCUT2D eigenvalue weighted by atomic mass is 32.2. The van der Waals surface area contributed by atoms with Crippen molar-refractivity contribution in [2.24, 2.45) is 0 Å². The van der Waals surface area contributed by atoms with Gasteiger partial charge in [0.25, 0.3) is 0 Å². The van der Waals surface area contributed by atoms with Crippen LogP contribution >= 0.6 is 11.8 Å². The first-order chi connectivity index (χ1) is 8.20. The van der Waals surface area contributed by atoms with E-state index in [2.05, 4.69) is 4.98 Å². The van der Waals surface area contributed by atoms with Crippen LogP contribution in [0.4, 0.5) is 0 Å². The lowest BCUT2D eigenvalue weighted by molar-refractivity contribution is -0.142. The molecule has 0 unspecified atom stereocenters. The standard InChI is InChI=1S/C12H11NO3S/c14-11(15)12(4-1-5-12)17-8-2-3-9-10(6-8)16-7-13-9/h2-3,6-7H,1,4-5H2,(H,14,15). The minimum Gasteiger partial charge on any atom is -0.480 e. The maximum Gasteiger partial charge on any atom is 0.320 e. The van der Waals surface area contributed by atoms with Gasteiger partial charge in [0.05, 0.1) is 0 Å². The number of hydrogen-bond acceptors (Lipinski definition) is 4. The Morgan fingerprint density at radius 3 is 2.94 bits per heavy atom. The van der Waals surface area contributed by atoms with E-state index in [0.717, 1.165) is 29.7 Å². The van der Waals surface area contributed by atoms with Crippen LogP contribution in [0.1, 0.15) is 19.3 Å². The number of thioether (sulfide) groups is 1. The van der Waals surface area contributed by atoms with Gasteiger partial charge >= 0.3 is 5.97 Å². The Bertz CT molecular complexity index is 574. The van der Waals surface area contributed by atoms with E-state index < -0.39 is 10.7 Å². The second-order valence-electron chi connectivity index (χ2n) is 4.24. The van der Waals surface area contributed by atoms with Gasteiger partial charge in [-0.05, 0) is 37.5 Å². The van der Waals surface area contributed by atoms with Crippen molar-refractivity contribution in [3.63, 3.8) is 0 Å². The van der Waals surface area contributed by atoms with E-state index in [9.17, 15) is 9.90 Å². The molecule has 1 aliphatic carbocycles. The minimum absolute atomic E-state index is 0.631. The minimum atomic E-state index is -0.716. The normalized spacial score (nSPS) is 17.9. The highest BCUT2D eigenvalue weighted by molar-refractivity contribution is 8.01. The summed E-state index contributed by atoms with van der Waals surface area (Å²) in [5.41, 5.74) is 1.50. The van der Waals surface area contributed by atoms with E-state index in [1.54, 1.807) is 0 Å². The fourth-order valence-corrected chi connectivity index (χ4v) is 3.32. The number of aromatic nitrogens is 1. The molecule has 4 nitrogen and oxygen atoms in total. The van der Waals surface area contributed by atoms with Gasteiger partial charge in [-0.2, -0.15) is 0 Å². The molecule has 2 aromatic rings. The van der Waals surface area contributed by atoms with Crippen LogP contribution in [0.5, 0.6) is 0 Å². The van der Waals surface area contributed by atoms with Gasteiger partial charge in [0.2, 0.25) is 0 Å². The zero-order chi connectivity index (χ0) is 11.9. The predicted octanol–water partition coefficient (Wildman–Crippen LogP) is 2.93. The third-order valence-corrected chi connectivity index (χ3v) is 4.63. The summed E-state index contributed by atoms with van der Waals surface area (Å²) in [6.07, 6.45) is 3.86. The average Bonchev–Trinajstić information content (AvgIpc) is 2.69. The summed E-state index contributed by atoms with van der Waals surface area (Å²) in [4.78, 5) is 16.2. The third-order valence-electron chi connectivity index (χ3n) is 3.17. The molecule has 1 aliphatic rings. The topological polar surface area (TPSA) is 63.3 Å². The molecule has 0 radical (unpaired) electrons. The Morgan fingerprint density at radius 2 is 2.29 bits per heavy atom. The quantitative estimate of drug-likeness (QED) is 0.906. The molecule has 1 aromatic heterocycles. The summed E-state index contributed by atoms with van der Waals surface area (Å²) in [6.45, 7) is 0. The molecule has 1 heterocycles. The maximum absolute atomic E-state index is 11.3. The van der Waals surface area contributed by atoms with Crippen molar-refractivity contribution in [1.29, 1.82) is 0 Å². The van der Waals surface area contributed by atoms with E-state index in [-0.39, 0.29) is 0 Å². The first-order valence-electron chi connectivity index (χ1n) is 5.45. The van der Waals surface area contributed by atoms with E-state index >= 15 is 0 Å². The Kier molecular flexibility index (Phi) is 2.36. The van der Waals surface area contributed by atoms with Crippen molar-refractivity contribution in [2.75, 3.05) is 0 Å². The lowest BCUT2D eigenvalue weighted by atomic mass is 9.84. The predicted molar refractivity (Wildman–Crippen MR) is 64.1 cm³/mol. The van der Waals surface area contributed by atoms with Gasteiger partial charge in [0, 0.05) is 4.90 Å². The molecule has 0 atom stereocenters. The summed E-state index contributed by atoms with van der Waals surface area (Å²) in [6, 6.07) is 5.62.